The number of nitrogens with zero attached hydrogens (tertiary/aromatic N) is 1. The van der Waals surface area contributed by atoms with Gasteiger partial charge < -0.3 is 5.32 Å². The van der Waals surface area contributed by atoms with Crippen molar-refractivity contribution in [1.29, 1.82) is 0 Å². The molecule has 0 radical (unpaired) electrons. The topological polar surface area (TPSA) is 15.3 Å². The Kier molecular flexibility index (Phi) is 5.08. The molecule has 1 saturated heterocycles. The van der Waals surface area contributed by atoms with E-state index in [1.807, 2.05) is 0 Å². The highest BCUT2D eigenvalue weighted by molar-refractivity contribution is 4.98. The minimum Gasteiger partial charge on any atom is -0.317 e. The Balaban J connectivity index is 1.77. The molecule has 1 N–H and O–H groups in total. The molecule has 0 spiro atoms. The fourth-order valence-electron chi connectivity index (χ4n) is 4.31. The highest BCUT2D eigenvalue weighted by Gasteiger charge is 2.44. The SMILES string of the molecule is CCCC1(CCC)CN(C2CCC(NC)CC2)C1. The molecule has 0 aromatic rings. The minimum absolute atomic E-state index is 0.698. The van der Waals surface area contributed by atoms with Crippen LogP contribution in [-0.4, -0.2) is 37.1 Å². The van der Waals surface area contributed by atoms with Gasteiger partial charge in [0.25, 0.3) is 0 Å². The van der Waals surface area contributed by atoms with Crippen LogP contribution in [0.15, 0.2) is 0 Å². The van der Waals surface area contributed by atoms with Crippen LogP contribution in [0.5, 0.6) is 0 Å². The average Bonchev–Trinajstić information content (AvgIpc) is 2.36. The first kappa shape index (κ1) is 14.3. The van der Waals surface area contributed by atoms with Gasteiger partial charge >= 0.3 is 0 Å². The lowest BCUT2D eigenvalue weighted by molar-refractivity contribution is -0.0541. The van der Waals surface area contributed by atoms with Crippen molar-refractivity contribution in [3.8, 4) is 0 Å². The van der Waals surface area contributed by atoms with Crippen molar-refractivity contribution in [2.75, 3.05) is 20.1 Å². The van der Waals surface area contributed by atoms with Crippen molar-refractivity contribution in [3.05, 3.63) is 0 Å². The van der Waals surface area contributed by atoms with E-state index in [-0.39, 0.29) is 0 Å². The van der Waals surface area contributed by atoms with Crippen molar-refractivity contribution >= 4 is 0 Å². The molecular weight excluding hydrogens is 220 g/mol. The third-order valence-electron chi connectivity index (χ3n) is 5.26. The molecule has 18 heavy (non-hydrogen) atoms. The van der Waals surface area contributed by atoms with E-state index in [4.69, 9.17) is 0 Å². The quantitative estimate of drug-likeness (QED) is 0.779. The highest BCUT2D eigenvalue weighted by atomic mass is 15.2. The normalized spacial score (nSPS) is 32.2. The van der Waals surface area contributed by atoms with Gasteiger partial charge in [0.15, 0.2) is 0 Å². The Morgan fingerprint density at radius 1 is 1.00 bits per heavy atom. The number of hydrogen-bond donors (Lipinski definition) is 1. The van der Waals surface area contributed by atoms with E-state index in [0.717, 1.165) is 12.1 Å². The van der Waals surface area contributed by atoms with Crippen molar-refractivity contribution in [2.45, 2.75) is 77.3 Å². The summed E-state index contributed by atoms with van der Waals surface area (Å²) in [6, 6.07) is 1.69. The lowest BCUT2D eigenvalue weighted by Crippen LogP contribution is -2.60. The largest absolute Gasteiger partial charge is 0.317 e. The van der Waals surface area contributed by atoms with E-state index in [9.17, 15) is 0 Å². The first-order valence-corrected chi connectivity index (χ1v) is 8.14. The summed E-state index contributed by atoms with van der Waals surface area (Å²) in [5.41, 5.74) is 0.698. The third kappa shape index (κ3) is 3.08. The summed E-state index contributed by atoms with van der Waals surface area (Å²) in [7, 11) is 2.11. The van der Waals surface area contributed by atoms with E-state index in [2.05, 4.69) is 31.1 Å². The van der Waals surface area contributed by atoms with Crippen molar-refractivity contribution < 1.29 is 0 Å². The van der Waals surface area contributed by atoms with Crippen LogP contribution in [-0.2, 0) is 0 Å². The van der Waals surface area contributed by atoms with Gasteiger partial charge in [-0.25, -0.2) is 0 Å². The van der Waals surface area contributed by atoms with Crippen LogP contribution in [0.2, 0.25) is 0 Å². The average molecular weight is 252 g/mol. The fraction of sp³-hybridized carbons (Fsp3) is 1.00. The molecule has 2 fully saturated rings. The summed E-state index contributed by atoms with van der Waals surface area (Å²) in [4.78, 5) is 2.79. The van der Waals surface area contributed by atoms with Gasteiger partial charge in [-0.1, -0.05) is 26.7 Å². The standard InChI is InChI=1S/C16H32N2/c1-4-10-16(11-5-2)12-18(13-16)15-8-6-14(17-3)7-9-15/h14-15,17H,4-13H2,1-3H3. The van der Waals surface area contributed by atoms with Crippen LogP contribution in [0, 0.1) is 5.41 Å². The lowest BCUT2D eigenvalue weighted by Gasteiger charge is -2.55. The van der Waals surface area contributed by atoms with Gasteiger partial charge in [-0.2, -0.15) is 0 Å². The molecule has 1 saturated carbocycles. The maximum Gasteiger partial charge on any atom is 0.00968 e. The second kappa shape index (κ2) is 6.38. The van der Waals surface area contributed by atoms with Gasteiger partial charge in [-0.05, 0) is 51.0 Å². The third-order valence-corrected chi connectivity index (χ3v) is 5.26. The van der Waals surface area contributed by atoms with Crippen molar-refractivity contribution in [3.63, 3.8) is 0 Å². The Morgan fingerprint density at radius 2 is 1.56 bits per heavy atom. The molecule has 2 heteroatoms. The number of likely N-dealkylation sites (tertiary alicyclic amines) is 1. The Morgan fingerprint density at radius 3 is 2.00 bits per heavy atom. The van der Waals surface area contributed by atoms with Crippen LogP contribution in [0.25, 0.3) is 0 Å². The smallest absolute Gasteiger partial charge is 0.00968 e. The first-order valence-electron chi connectivity index (χ1n) is 8.14. The van der Waals surface area contributed by atoms with E-state index in [1.54, 1.807) is 0 Å². The van der Waals surface area contributed by atoms with Crippen molar-refractivity contribution in [1.82, 2.24) is 10.2 Å². The molecule has 1 aliphatic carbocycles. The Hall–Kier alpha value is -0.0800. The van der Waals surface area contributed by atoms with Crippen LogP contribution < -0.4 is 5.32 Å². The lowest BCUT2D eigenvalue weighted by atomic mass is 9.71. The molecule has 0 unspecified atom stereocenters. The molecule has 0 aromatic carbocycles. The van der Waals surface area contributed by atoms with Gasteiger partial charge in [-0.3, -0.25) is 4.90 Å². The monoisotopic (exact) mass is 252 g/mol. The molecule has 0 atom stereocenters. The zero-order valence-electron chi connectivity index (χ0n) is 12.7. The maximum atomic E-state index is 3.44. The number of rotatable bonds is 6. The minimum atomic E-state index is 0.698. The zero-order valence-corrected chi connectivity index (χ0v) is 12.7. The van der Waals surface area contributed by atoms with Crippen LogP contribution in [0.4, 0.5) is 0 Å². The van der Waals surface area contributed by atoms with Gasteiger partial charge in [-0.15, -0.1) is 0 Å². The maximum absolute atomic E-state index is 3.44. The second-order valence-electron chi connectivity index (χ2n) is 6.70. The van der Waals surface area contributed by atoms with E-state index >= 15 is 0 Å². The Labute approximate surface area is 114 Å². The molecule has 2 rings (SSSR count). The molecule has 2 aliphatic rings. The van der Waals surface area contributed by atoms with Gasteiger partial charge in [0.1, 0.15) is 0 Å². The summed E-state index contributed by atoms with van der Waals surface area (Å²) in [6.07, 6.45) is 11.2. The van der Waals surface area contributed by atoms with Crippen LogP contribution in [0.1, 0.15) is 65.2 Å². The first-order chi connectivity index (χ1) is 8.73. The van der Waals surface area contributed by atoms with Crippen LogP contribution >= 0.6 is 0 Å². The predicted octanol–water partition coefficient (Wildman–Crippen LogP) is 3.42. The summed E-state index contributed by atoms with van der Waals surface area (Å²) in [6.45, 7) is 7.48. The fourth-order valence-corrected chi connectivity index (χ4v) is 4.31. The molecule has 2 nitrogen and oxygen atoms in total. The molecule has 0 amide bonds. The summed E-state index contributed by atoms with van der Waals surface area (Å²) < 4.78 is 0. The summed E-state index contributed by atoms with van der Waals surface area (Å²) in [5.74, 6) is 0. The number of hydrogen-bond acceptors (Lipinski definition) is 2. The van der Waals surface area contributed by atoms with Gasteiger partial charge in [0.05, 0.1) is 0 Å². The molecule has 106 valence electrons. The highest BCUT2D eigenvalue weighted by Crippen LogP contribution is 2.42. The molecular formula is C16H32N2. The summed E-state index contributed by atoms with van der Waals surface area (Å²) >= 11 is 0. The predicted molar refractivity (Wildman–Crippen MR) is 78.9 cm³/mol. The van der Waals surface area contributed by atoms with Gasteiger partial charge in [0, 0.05) is 25.2 Å². The van der Waals surface area contributed by atoms with E-state index in [0.29, 0.717) is 5.41 Å². The molecule has 0 bridgehead atoms. The molecule has 1 heterocycles. The molecule has 1 aliphatic heterocycles. The zero-order chi connectivity index (χ0) is 13.0. The van der Waals surface area contributed by atoms with E-state index in [1.165, 1.54) is 64.5 Å². The number of nitrogens with one attached hydrogen (secondary N) is 1. The van der Waals surface area contributed by atoms with Crippen LogP contribution in [0.3, 0.4) is 0 Å². The Bertz CT molecular complexity index is 229. The second-order valence-corrected chi connectivity index (χ2v) is 6.70. The summed E-state index contributed by atoms with van der Waals surface area (Å²) in [5, 5.41) is 3.44. The van der Waals surface area contributed by atoms with Gasteiger partial charge in [0.2, 0.25) is 0 Å². The van der Waals surface area contributed by atoms with E-state index < -0.39 is 0 Å². The van der Waals surface area contributed by atoms with Crippen molar-refractivity contribution in [2.24, 2.45) is 5.41 Å². The molecule has 0 aromatic heterocycles.